The largest absolute Gasteiger partial charge is 0.495 e. The van der Waals surface area contributed by atoms with Crippen LogP contribution in [-0.2, 0) is 6.18 Å². The molecule has 0 aliphatic carbocycles. The van der Waals surface area contributed by atoms with Crippen molar-refractivity contribution in [2.45, 2.75) is 13.1 Å². The summed E-state index contributed by atoms with van der Waals surface area (Å²) in [6.45, 7) is 5.82. The van der Waals surface area contributed by atoms with Crippen molar-refractivity contribution in [2.75, 3.05) is 12.4 Å². The summed E-state index contributed by atoms with van der Waals surface area (Å²) in [7, 11) is 1.48. The molecule has 2 aromatic heterocycles. The minimum atomic E-state index is -4.50. The van der Waals surface area contributed by atoms with Gasteiger partial charge in [0.25, 0.3) is 0 Å². The first-order valence-electron chi connectivity index (χ1n) is 9.90. The molecule has 8 heteroatoms. The lowest BCUT2D eigenvalue weighted by atomic mass is 10.0. The van der Waals surface area contributed by atoms with Crippen LogP contribution in [0.3, 0.4) is 0 Å². The van der Waals surface area contributed by atoms with E-state index in [4.69, 9.17) is 4.74 Å². The molecular weight excluding hydrogens is 429 g/mol. The van der Waals surface area contributed by atoms with Gasteiger partial charge in [0, 0.05) is 17.5 Å². The summed E-state index contributed by atoms with van der Waals surface area (Å²) in [4.78, 5) is 4.27. The van der Waals surface area contributed by atoms with Gasteiger partial charge in [-0.3, -0.25) is 0 Å². The summed E-state index contributed by atoms with van der Waals surface area (Å²) in [6, 6.07) is 12.4. The van der Waals surface area contributed by atoms with E-state index in [1.165, 1.54) is 25.3 Å². The normalized spacial score (nSPS) is 11.1. The molecule has 166 valence electrons. The maximum absolute atomic E-state index is 13.4. The van der Waals surface area contributed by atoms with Crippen LogP contribution in [0.5, 0.6) is 5.75 Å². The lowest BCUT2D eigenvalue weighted by Crippen LogP contribution is -2.10. The number of hydrogen-bond acceptors (Lipinski definition) is 4. The number of hydrogen-bond donors (Lipinski definition) is 1. The molecule has 0 atom stereocenters. The Morgan fingerprint density at radius 2 is 1.88 bits per heavy atom. The second kappa shape index (κ2) is 8.71. The van der Waals surface area contributed by atoms with Gasteiger partial charge in [-0.25, -0.2) is 9.50 Å². The van der Waals surface area contributed by atoms with E-state index in [9.17, 15) is 13.2 Å². The third-order valence-corrected chi connectivity index (χ3v) is 5.01. The Kier molecular flexibility index (Phi) is 5.80. The number of halogens is 3. The van der Waals surface area contributed by atoms with Gasteiger partial charge in [0.2, 0.25) is 0 Å². The lowest BCUT2D eigenvalue weighted by Gasteiger charge is -2.18. The van der Waals surface area contributed by atoms with E-state index in [1.807, 2.05) is 19.1 Å². The number of nitrogens with zero attached hydrogens (tertiary/aromatic N) is 3. The number of aromatic nitrogens is 3. The van der Waals surface area contributed by atoms with Crippen molar-refractivity contribution < 1.29 is 17.9 Å². The third-order valence-electron chi connectivity index (χ3n) is 5.01. The Morgan fingerprint density at radius 1 is 1.09 bits per heavy atom. The minimum absolute atomic E-state index is 0.0953. The fraction of sp³-hybridized carbons (Fsp3) is 0.120. The fourth-order valence-corrected chi connectivity index (χ4v) is 3.40. The molecule has 0 radical (unpaired) electrons. The summed E-state index contributed by atoms with van der Waals surface area (Å²) in [5.41, 5.74) is 2.57. The smallest absolute Gasteiger partial charge is 0.418 e. The van der Waals surface area contributed by atoms with Gasteiger partial charge in [0.05, 0.1) is 30.1 Å². The summed E-state index contributed by atoms with van der Waals surface area (Å²) < 4.78 is 47.4. The van der Waals surface area contributed by atoms with Gasteiger partial charge in [-0.15, -0.1) is 0 Å². The Balaban J connectivity index is 1.73. The summed E-state index contributed by atoms with van der Waals surface area (Å²) in [5, 5.41) is 7.03. The first-order chi connectivity index (χ1) is 15.8. The zero-order chi connectivity index (χ0) is 23.6. The van der Waals surface area contributed by atoms with Gasteiger partial charge in [-0.1, -0.05) is 30.7 Å². The fourth-order valence-electron chi connectivity index (χ4n) is 3.40. The van der Waals surface area contributed by atoms with Crippen molar-refractivity contribution in [3.05, 3.63) is 95.5 Å². The van der Waals surface area contributed by atoms with Crippen LogP contribution in [-0.4, -0.2) is 21.7 Å². The third kappa shape index (κ3) is 4.39. The Bertz CT molecular complexity index is 1410. The van der Waals surface area contributed by atoms with Crippen LogP contribution in [0.25, 0.3) is 11.3 Å². The molecule has 0 saturated carbocycles. The lowest BCUT2D eigenvalue weighted by molar-refractivity contribution is -0.136. The molecule has 0 unspecified atom stereocenters. The Hall–Kier alpha value is -4.25. The first kappa shape index (κ1) is 22.0. The van der Waals surface area contributed by atoms with Crippen LogP contribution in [0.4, 0.5) is 18.9 Å². The second-order valence-corrected chi connectivity index (χ2v) is 7.17. The average molecular weight is 448 g/mol. The quantitative estimate of drug-likeness (QED) is 0.416. The number of imidazole rings is 1. The highest BCUT2D eigenvalue weighted by Gasteiger charge is 2.33. The molecule has 0 saturated heterocycles. The summed E-state index contributed by atoms with van der Waals surface area (Å²) in [6.07, 6.45) is -1.24. The molecule has 2 aromatic carbocycles. The zero-order valence-corrected chi connectivity index (χ0v) is 17.9. The number of rotatable bonds is 4. The number of methoxy groups -OCH3 is 1. The van der Waals surface area contributed by atoms with E-state index in [-0.39, 0.29) is 11.4 Å². The SMILES string of the molecule is C=C(Nc1ccccc1C(F)(F)F)c1ccc(C)c(C#Cc2cnc3cccnn23)c1OC. The minimum Gasteiger partial charge on any atom is -0.495 e. The predicted octanol–water partition coefficient (Wildman–Crippen LogP) is 5.55. The van der Waals surface area contributed by atoms with Gasteiger partial charge < -0.3 is 10.1 Å². The molecule has 0 amide bonds. The zero-order valence-electron chi connectivity index (χ0n) is 17.9. The molecular formula is C25H19F3N4O. The van der Waals surface area contributed by atoms with Crippen molar-refractivity contribution >= 4 is 17.0 Å². The number of nitrogens with one attached hydrogen (secondary N) is 1. The molecule has 0 spiro atoms. The van der Waals surface area contributed by atoms with E-state index < -0.39 is 11.7 Å². The van der Waals surface area contributed by atoms with Crippen LogP contribution in [0.1, 0.15) is 27.9 Å². The highest BCUT2D eigenvalue weighted by atomic mass is 19.4. The van der Waals surface area contributed by atoms with Crippen LogP contribution in [0.2, 0.25) is 0 Å². The molecule has 0 aliphatic rings. The van der Waals surface area contributed by atoms with Crippen molar-refractivity contribution in [1.82, 2.24) is 14.6 Å². The number of benzene rings is 2. The molecule has 1 N–H and O–H groups in total. The second-order valence-electron chi connectivity index (χ2n) is 7.17. The number of alkyl halides is 3. The van der Waals surface area contributed by atoms with E-state index in [2.05, 4.69) is 33.8 Å². The van der Waals surface area contributed by atoms with Gasteiger partial charge >= 0.3 is 6.18 Å². The van der Waals surface area contributed by atoms with Crippen LogP contribution in [0, 0.1) is 18.8 Å². The molecule has 0 fully saturated rings. The van der Waals surface area contributed by atoms with Crippen LogP contribution in [0.15, 0.2) is 67.5 Å². The van der Waals surface area contributed by atoms with Crippen molar-refractivity contribution in [1.29, 1.82) is 0 Å². The van der Waals surface area contributed by atoms with Crippen molar-refractivity contribution in [3.8, 4) is 17.6 Å². The maximum atomic E-state index is 13.4. The summed E-state index contributed by atoms with van der Waals surface area (Å²) >= 11 is 0. The van der Waals surface area contributed by atoms with Gasteiger partial charge in [-0.2, -0.15) is 18.3 Å². The van der Waals surface area contributed by atoms with Crippen LogP contribution >= 0.6 is 0 Å². The highest BCUT2D eigenvalue weighted by molar-refractivity contribution is 5.81. The number of aryl methyl sites for hydroxylation is 1. The number of para-hydroxylation sites is 1. The predicted molar refractivity (Wildman–Crippen MR) is 121 cm³/mol. The standard InChI is InChI=1S/C25H19F3N4O/c1-16-10-12-20(17(2)31-22-8-5-4-7-21(22)25(26,27)28)24(33-3)19(16)13-11-18-15-29-23-9-6-14-30-32(18)23/h4-10,12,14-15,31H,2H2,1,3H3. The number of fused-ring (bicyclic) bond motifs is 1. The molecule has 2 heterocycles. The Labute approximate surface area is 188 Å². The van der Waals surface area contributed by atoms with E-state index in [1.54, 1.807) is 29.0 Å². The molecule has 33 heavy (non-hydrogen) atoms. The van der Waals surface area contributed by atoms with E-state index in [0.29, 0.717) is 28.2 Å². The number of anilines is 1. The van der Waals surface area contributed by atoms with E-state index >= 15 is 0 Å². The Morgan fingerprint density at radius 3 is 2.64 bits per heavy atom. The topological polar surface area (TPSA) is 51.5 Å². The summed E-state index contributed by atoms with van der Waals surface area (Å²) in [5.74, 6) is 6.56. The van der Waals surface area contributed by atoms with E-state index in [0.717, 1.165) is 11.6 Å². The van der Waals surface area contributed by atoms with Crippen LogP contribution < -0.4 is 10.1 Å². The monoisotopic (exact) mass is 448 g/mol. The molecule has 5 nitrogen and oxygen atoms in total. The van der Waals surface area contributed by atoms with Crippen molar-refractivity contribution in [3.63, 3.8) is 0 Å². The van der Waals surface area contributed by atoms with Gasteiger partial charge in [0.15, 0.2) is 5.65 Å². The molecule has 4 rings (SSSR count). The molecule has 0 bridgehead atoms. The highest BCUT2D eigenvalue weighted by Crippen LogP contribution is 2.37. The van der Waals surface area contributed by atoms with Crippen molar-refractivity contribution in [2.24, 2.45) is 0 Å². The molecule has 0 aliphatic heterocycles. The number of ether oxygens (including phenoxy) is 1. The maximum Gasteiger partial charge on any atom is 0.418 e. The average Bonchev–Trinajstić information content (AvgIpc) is 3.20. The van der Waals surface area contributed by atoms with Gasteiger partial charge in [0.1, 0.15) is 11.4 Å². The molecule has 4 aromatic rings. The first-order valence-corrected chi connectivity index (χ1v) is 9.90. The van der Waals surface area contributed by atoms with Gasteiger partial charge in [-0.05, 0) is 48.7 Å².